The minimum Gasteiger partial charge on any atom is -0.510 e. The van der Waals surface area contributed by atoms with Crippen LogP contribution in [0.4, 0.5) is 0 Å². The molecule has 3 aromatic carbocycles. The number of rotatable bonds is 3. The molecule has 0 unspecified atom stereocenters. The van der Waals surface area contributed by atoms with Crippen LogP contribution in [-0.4, -0.2) is 26.5 Å². The Bertz CT molecular complexity index is 1530. The minimum absolute atomic E-state index is 0. The van der Waals surface area contributed by atoms with E-state index in [9.17, 15) is 5.11 Å². The summed E-state index contributed by atoms with van der Waals surface area (Å²) in [5.41, 5.74) is 7.03. The van der Waals surface area contributed by atoms with Gasteiger partial charge in [0.2, 0.25) is 5.88 Å². The van der Waals surface area contributed by atoms with Crippen molar-refractivity contribution in [2.75, 3.05) is 0 Å². The number of aromatic hydroxyl groups is 1. The summed E-state index contributed by atoms with van der Waals surface area (Å²) < 4.78 is 12.6. The number of aromatic nitrogens is 2. The predicted molar refractivity (Wildman–Crippen MR) is 134 cm³/mol. The average molecular weight is 660 g/mol. The van der Waals surface area contributed by atoms with Crippen LogP contribution in [0.5, 0.6) is 17.4 Å². The third kappa shape index (κ3) is 4.07. The van der Waals surface area contributed by atoms with Gasteiger partial charge in [0.1, 0.15) is 23.3 Å². The molecule has 36 heavy (non-hydrogen) atoms. The van der Waals surface area contributed by atoms with Crippen molar-refractivity contribution in [3.8, 4) is 17.4 Å². The number of ether oxygens (including phenoxy) is 2. The molecule has 6 nitrogen and oxygen atoms in total. The van der Waals surface area contributed by atoms with E-state index in [1.54, 1.807) is 12.3 Å². The van der Waals surface area contributed by atoms with Crippen molar-refractivity contribution in [1.82, 2.24) is 9.97 Å². The normalized spacial score (nSPS) is 20.1. The second-order valence-corrected chi connectivity index (χ2v) is 9.75. The van der Waals surface area contributed by atoms with Gasteiger partial charge in [-0.1, -0.05) is 55.8 Å². The molecular weight excluding hydrogens is 633 g/mol. The summed E-state index contributed by atoms with van der Waals surface area (Å²) in [4.78, 5) is 13.9. The molecule has 0 radical (unpaired) electrons. The van der Waals surface area contributed by atoms with Gasteiger partial charge in [0.15, 0.2) is 0 Å². The zero-order valence-electron chi connectivity index (χ0n) is 20.5. The number of benzene rings is 3. The Labute approximate surface area is 224 Å². The second kappa shape index (κ2) is 9.01. The predicted octanol–water partition coefficient (Wildman–Crippen LogP) is 6.07. The van der Waals surface area contributed by atoms with Crippen LogP contribution >= 0.6 is 0 Å². The minimum atomic E-state index is -0.311. The van der Waals surface area contributed by atoms with Crippen LogP contribution in [0.25, 0.3) is 11.0 Å². The third-order valence-electron chi connectivity index (χ3n) is 7.13. The Hall–Kier alpha value is -3.24. The van der Waals surface area contributed by atoms with E-state index in [2.05, 4.69) is 47.2 Å². The van der Waals surface area contributed by atoms with Gasteiger partial charge in [-0.15, -0.1) is 11.1 Å². The number of nitrogens with zero attached hydrogens (tertiary/aromatic N) is 3. The Balaban J connectivity index is 0.00000267. The first-order valence-corrected chi connectivity index (χ1v) is 11.8. The van der Waals surface area contributed by atoms with E-state index < -0.39 is 0 Å². The van der Waals surface area contributed by atoms with E-state index in [-0.39, 0.29) is 44.3 Å². The van der Waals surface area contributed by atoms with Gasteiger partial charge in [0, 0.05) is 26.8 Å². The molecule has 1 aliphatic carbocycles. The number of aryl methyl sites for hydroxylation is 3. The molecule has 0 spiro atoms. The van der Waals surface area contributed by atoms with Crippen molar-refractivity contribution in [2.45, 2.75) is 52.2 Å². The summed E-state index contributed by atoms with van der Waals surface area (Å²) >= 11 is 0. The maximum absolute atomic E-state index is 10.3. The second-order valence-electron chi connectivity index (χ2n) is 9.75. The van der Waals surface area contributed by atoms with Crippen LogP contribution in [0.3, 0.4) is 0 Å². The van der Waals surface area contributed by atoms with Crippen molar-refractivity contribution in [1.29, 1.82) is 0 Å². The fourth-order valence-corrected chi connectivity index (χ4v) is 5.06. The summed E-state index contributed by atoms with van der Waals surface area (Å²) in [6.45, 7) is 8.15. The zero-order chi connectivity index (χ0) is 24.3. The standard InChI is InChI=1S/C29H26N3O3.Pt/c1-16-11-23-26(24(33)12-16)31-25(15-30-23)34-20-13-17(2)18(3)22(14-20)28-32-29(4)10-9-19-7-5-6-8-21(19)27(29)35-28;/h5-8,11-13,15,27,33H,9-10H2,1-4H3;/q-1;/t27-,29-;/m0./s1. The Morgan fingerprint density at radius 2 is 1.94 bits per heavy atom. The van der Waals surface area contributed by atoms with E-state index in [4.69, 9.17) is 14.5 Å². The molecule has 2 atom stereocenters. The fourth-order valence-electron chi connectivity index (χ4n) is 5.06. The van der Waals surface area contributed by atoms with Crippen LogP contribution in [0.1, 0.15) is 52.8 Å². The van der Waals surface area contributed by atoms with Gasteiger partial charge in [-0.25, -0.2) is 9.97 Å². The molecule has 7 heteroatoms. The van der Waals surface area contributed by atoms with Gasteiger partial charge in [-0.2, -0.15) is 0 Å². The van der Waals surface area contributed by atoms with Gasteiger partial charge in [-0.3, -0.25) is 4.99 Å². The molecule has 1 aromatic heterocycles. The van der Waals surface area contributed by atoms with Gasteiger partial charge in [0.25, 0.3) is 0 Å². The molecule has 2 heterocycles. The first-order valence-electron chi connectivity index (χ1n) is 11.8. The van der Waals surface area contributed by atoms with Gasteiger partial charge < -0.3 is 14.6 Å². The van der Waals surface area contributed by atoms with Crippen molar-refractivity contribution in [3.63, 3.8) is 0 Å². The van der Waals surface area contributed by atoms with Crippen LogP contribution in [0, 0.1) is 26.8 Å². The summed E-state index contributed by atoms with van der Waals surface area (Å²) in [6.07, 6.45) is 3.36. The van der Waals surface area contributed by atoms with Crippen molar-refractivity contribution >= 4 is 16.9 Å². The fraction of sp³-hybridized carbons (Fsp3) is 0.276. The van der Waals surface area contributed by atoms with Crippen LogP contribution < -0.4 is 4.74 Å². The first kappa shape index (κ1) is 24.5. The molecule has 0 saturated carbocycles. The van der Waals surface area contributed by atoms with Crippen LogP contribution in [-0.2, 0) is 32.2 Å². The Kier molecular flexibility index (Phi) is 6.12. The smallest absolute Gasteiger partial charge is 0.236 e. The summed E-state index contributed by atoms with van der Waals surface area (Å²) in [6, 6.07) is 17.3. The number of fused-ring (bicyclic) bond motifs is 4. The van der Waals surface area contributed by atoms with Crippen LogP contribution in [0.2, 0.25) is 0 Å². The molecule has 1 aliphatic heterocycles. The van der Waals surface area contributed by atoms with Crippen LogP contribution in [0.15, 0.2) is 53.7 Å². The van der Waals surface area contributed by atoms with E-state index in [1.807, 2.05) is 32.9 Å². The molecular formula is C29H26N3O3Pt-. The molecule has 4 aromatic rings. The molecule has 186 valence electrons. The Morgan fingerprint density at radius 3 is 2.78 bits per heavy atom. The van der Waals surface area contributed by atoms with E-state index >= 15 is 0 Å². The van der Waals surface area contributed by atoms with Gasteiger partial charge in [-0.05, 0) is 55.5 Å². The van der Waals surface area contributed by atoms with E-state index in [1.165, 1.54) is 11.1 Å². The number of hydrogen-bond donors (Lipinski definition) is 1. The molecule has 0 fully saturated rings. The first-order chi connectivity index (χ1) is 16.8. The van der Waals surface area contributed by atoms with E-state index in [0.29, 0.717) is 22.7 Å². The summed E-state index contributed by atoms with van der Waals surface area (Å²) in [7, 11) is 0. The van der Waals surface area contributed by atoms with Gasteiger partial charge >= 0.3 is 0 Å². The third-order valence-corrected chi connectivity index (χ3v) is 7.13. The quantitative estimate of drug-likeness (QED) is 0.270. The number of hydrogen-bond acceptors (Lipinski definition) is 6. The topological polar surface area (TPSA) is 76.8 Å². The SMILES string of the molecule is Cc1cc(O)c2nc(Oc3[c-]c(C4=N[C@@]5(C)CCc6ccccc6[C@@H]5O4)c(C)c(C)c3)cnc2c1.[Pt]. The summed E-state index contributed by atoms with van der Waals surface area (Å²) in [5, 5.41) is 10.3. The van der Waals surface area contributed by atoms with Crippen molar-refractivity contribution in [2.24, 2.45) is 4.99 Å². The molecule has 0 saturated heterocycles. The van der Waals surface area contributed by atoms with Crippen molar-refractivity contribution in [3.05, 3.63) is 88.1 Å². The van der Waals surface area contributed by atoms with Crippen molar-refractivity contribution < 1.29 is 35.6 Å². The molecule has 0 bridgehead atoms. The maximum Gasteiger partial charge on any atom is 0.236 e. The molecule has 1 N–H and O–H groups in total. The Morgan fingerprint density at radius 1 is 1.14 bits per heavy atom. The van der Waals surface area contributed by atoms with Gasteiger partial charge in [0.05, 0.1) is 17.3 Å². The average Bonchev–Trinajstić information content (AvgIpc) is 3.19. The number of phenolic OH excluding ortho intramolecular Hbond substituents is 1. The summed E-state index contributed by atoms with van der Waals surface area (Å²) in [5.74, 6) is 1.45. The molecule has 0 amide bonds. The number of phenols is 1. The molecule has 6 rings (SSSR count). The maximum atomic E-state index is 10.3. The van der Waals surface area contributed by atoms with E-state index in [0.717, 1.165) is 35.1 Å². The molecule has 2 aliphatic rings. The monoisotopic (exact) mass is 659 g/mol. The number of aliphatic imine (C=N–C) groups is 1. The largest absolute Gasteiger partial charge is 0.510 e. The zero-order valence-corrected chi connectivity index (χ0v) is 22.8.